The highest BCUT2D eigenvalue weighted by molar-refractivity contribution is 5.12. The van der Waals surface area contributed by atoms with Crippen LogP contribution < -0.4 is 5.56 Å². The van der Waals surface area contributed by atoms with Crippen molar-refractivity contribution in [1.29, 1.82) is 0 Å². The average Bonchev–Trinajstić information content (AvgIpc) is 2.28. The molecule has 0 aliphatic carbocycles. The minimum atomic E-state index is -0.657. The second-order valence-corrected chi connectivity index (χ2v) is 3.76. The number of hydrogen-bond donors (Lipinski definition) is 2. The van der Waals surface area contributed by atoms with Crippen molar-refractivity contribution in [2.24, 2.45) is 0 Å². The van der Waals surface area contributed by atoms with Crippen LogP contribution in [-0.2, 0) is 15.1 Å². The van der Waals surface area contributed by atoms with Gasteiger partial charge >= 0.3 is 0 Å². The Morgan fingerprint density at radius 2 is 2.25 bits per heavy atom. The quantitative estimate of drug-likeness (QED) is 0.748. The first-order valence-electron chi connectivity index (χ1n) is 5.10. The van der Waals surface area contributed by atoms with Gasteiger partial charge in [-0.1, -0.05) is 0 Å². The number of hydrogen-bond acceptors (Lipinski definition) is 5. The fraction of sp³-hybridized carbons (Fsp3) is 0.600. The molecule has 2 N–H and O–H groups in total. The largest absolute Gasteiger partial charge is 0.493 e. The van der Waals surface area contributed by atoms with Crippen LogP contribution in [0.25, 0.3) is 0 Å². The van der Waals surface area contributed by atoms with E-state index in [-0.39, 0.29) is 11.4 Å². The highest BCUT2D eigenvalue weighted by Crippen LogP contribution is 2.33. The van der Waals surface area contributed by atoms with Crippen LogP contribution in [0, 0.1) is 0 Å². The average molecular weight is 226 g/mol. The van der Waals surface area contributed by atoms with Crippen LogP contribution >= 0.6 is 0 Å². The van der Waals surface area contributed by atoms with Crippen molar-refractivity contribution in [3.05, 3.63) is 22.2 Å². The molecular weight excluding hydrogens is 212 g/mol. The lowest BCUT2D eigenvalue weighted by Crippen LogP contribution is -2.38. The van der Waals surface area contributed by atoms with Crippen molar-refractivity contribution in [1.82, 2.24) is 9.97 Å². The molecule has 1 aliphatic rings. The summed E-state index contributed by atoms with van der Waals surface area (Å²) in [4.78, 5) is 17.8. The summed E-state index contributed by atoms with van der Waals surface area (Å²) >= 11 is 0. The van der Waals surface area contributed by atoms with E-state index in [0.717, 1.165) is 6.07 Å². The van der Waals surface area contributed by atoms with E-state index in [1.807, 2.05) is 0 Å². The van der Waals surface area contributed by atoms with Gasteiger partial charge in [-0.2, -0.15) is 4.98 Å². The third kappa shape index (κ3) is 1.94. The lowest BCUT2D eigenvalue weighted by molar-refractivity contribution is -0.100. The molecule has 0 bridgehead atoms. The Labute approximate surface area is 92.2 Å². The number of aromatic amines is 1. The molecule has 6 heteroatoms. The molecular formula is C10H14N2O4. The minimum Gasteiger partial charge on any atom is -0.493 e. The minimum absolute atomic E-state index is 0.290. The molecule has 1 fully saturated rings. The van der Waals surface area contributed by atoms with Gasteiger partial charge in [-0.15, -0.1) is 0 Å². The van der Waals surface area contributed by atoms with Gasteiger partial charge in [-0.25, -0.2) is 0 Å². The van der Waals surface area contributed by atoms with Crippen molar-refractivity contribution >= 4 is 0 Å². The van der Waals surface area contributed by atoms with Crippen LogP contribution in [0.1, 0.15) is 18.7 Å². The number of H-pyrrole nitrogens is 1. The monoisotopic (exact) mass is 226 g/mol. The Kier molecular flexibility index (Phi) is 2.93. The fourth-order valence-electron chi connectivity index (χ4n) is 1.90. The van der Waals surface area contributed by atoms with E-state index in [2.05, 4.69) is 9.97 Å². The fourth-order valence-corrected chi connectivity index (χ4v) is 1.90. The van der Waals surface area contributed by atoms with E-state index >= 15 is 0 Å². The van der Waals surface area contributed by atoms with Crippen LogP contribution in [0.15, 0.2) is 10.9 Å². The van der Waals surface area contributed by atoms with E-state index in [0.29, 0.717) is 31.9 Å². The summed E-state index contributed by atoms with van der Waals surface area (Å²) in [7, 11) is 1.56. The van der Waals surface area contributed by atoms with Crippen LogP contribution in [0.2, 0.25) is 0 Å². The van der Waals surface area contributed by atoms with Crippen molar-refractivity contribution in [2.45, 2.75) is 18.4 Å². The molecule has 88 valence electrons. The zero-order valence-electron chi connectivity index (χ0n) is 9.02. The maximum atomic E-state index is 11.3. The predicted molar refractivity (Wildman–Crippen MR) is 55.3 cm³/mol. The Morgan fingerprint density at radius 1 is 1.56 bits per heavy atom. The van der Waals surface area contributed by atoms with Crippen molar-refractivity contribution < 1.29 is 14.6 Å². The molecule has 2 heterocycles. The highest BCUT2D eigenvalue weighted by Gasteiger charge is 2.37. The number of nitrogens with zero attached hydrogens (tertiary/aromatic N) is 1. The van der Waals surface area contributed by atoms with Crippen LogP contribution in [0.4, 0.5) is 0 Å². The molecule has 0 atom stereocenters. The van der Waals surface area contributed by atoms with E-state index in [1.54, 1.807) is 7.11 Å². The zero-order chi connectivity index (χ0) is 11.6. The van der Waals surface area contributed by atoms with Crippen molar-refractivity contribution in [3.63, 3.8) is 0 Å². The molecule has 0 aromatic carbocycles. The first-order chi connectivity index (χ1) is 7.66. The molecule has 2 rings (SSSR count). The number of aromatic nitrogens is 2. The van der Waals surface area contributed by atoms with E-state index in [4.69, 9.17) is 9.47 Å². The molecule has 0 spiro atoms. The summed E-state index contributed by atoms with van der Waals surface area (Å²) in [5, 5.41) is 9.32. The summed E-state index contributed by atoms with van der Waals surface area (Å²) in [6, 6.07) is 1.03. The van der Waals surface area contributed by atoms with E-state index in [9.17, 15) is 9.90 Å². The molecule has 1 saturated heterocycles. The highest BCUT2D eigenvalue weighted by atomic mass is 16.5. The Balaban J connectivity index is 2.42. The maximum Gasteiger partial charge on any atom is 0.254 e. The van der Waals surface area contributed by atoms with Gasteiger partial charge in [0.1, 0.15) is 11.4 Å². The Bertz CT molecular complexity index is 423. The van der Waals surface area contributed by atoms with Crippen LogP contribution in [-0.4, -0.2) is 35.4 Å². The van der Waals surface area contributed by atoms with Gasteiger partial charge in [0.2, 0.25) is 5.88 Å². The van der Waals surface area contributed by atoms with Gasteiger partial charge in [0.25, 0.3) is 5.56 Å². The summed E-state index contributed by atoms with van der Waals surface area (Å²) < 4.78 is 10.7. The molecule has 1 aromatic heterocycles. The lowest BCUT2D eigenvalue weighted by atomic mass is 9.93. The topological polar surface area (TPSA) is 84.4 Å². The normalized spacial score (nSPS) is 19.6. The summed E-state index contributed by atoms with van der Waals surface area (Å²) in [5.74, 6) is 0.0740. The first-order valence-corrected chi connectivity index (χ1v) is 5.10. The predicted octanol–water partition coefficient (Wildman–Crippen LogP) is 0.128. The third-order valence-corrected chi connectivity index (χ3v) is 2.85. The molecule has 1 aromatic rings. The number of aromatic hydroxyl groups is 1. The van der Waals surface area contributed by atoms with Crippen molar-refractivity contribution in [3.8, 4) is 5.88 Å². The molecule has 6 nitrogen and oxygen atoms in total. The summed E-state index contributed by atoms with van der Waals surface area (Å²) in [6.45, 7) is 1.10. The van der Waals surface area contributed by atoms with Gasteiger partial charge in [-0.3, -0.25) is 4.79 Å². The van der Waals surface area contributed by atoms with Gasteiger partial charge in [0.15, 0.2) is 0 Å². The van der Waals surface area contributed by atoms with E-state index in [1.165, 1.54) is 0 Å². The lowest BCUT2D eigenvalue weighted by Gasteiger charge is -2.34. The number of nitrogens with one attached hydrogen (secondary N) is 1. The van der Waals surface area contributed by atoms with Crippen molar-refractivity contribution in [2.75, 3.05) is 20.3 Å². The second kappa shape index (κ2) is 4.23. The van der Waals surface area contributed by atoms with Gasteiger partial charge in [-0.05, 0) is 0 Å². The Hall–Kier alpha value is -1.40. The molecule has 16 heavy (non-hydrogen) atoms. The molecule has 0 radical (unpaired) electrons. The van der Waals surface area contributed by atoms with Gasteiger partial charge in [0.05, 0.1) is 6.07 Å². The smallest absolute Gasteiger partial charge is 0.254 e. The molecule has 0 amide bonds. The van der Waals surface area contributed by atoms with Crippen LogP contribution in [0.5, 0.6) is 5.88 Å². The van der Waals surface area contributed by atoms with E-state index < -0.39 is 5.60 Å². The van der Waals surface area contributed by atoms with Gasteiger partial charge < -0.3 is 19.6 Å². The molecule has 0 saturated carbocycles. The summed E-state index contributed by atoms with van der Waals surface area (Å²) in [5.41, 5.74) is -1.04. The zero-order valence-corrected chi connectivity index (χ0v) is 9.02. The SMILES string of the molecule is COC1(c2nc(O)cc(=O)[nH]2)CCOCC1. The third-order valence-electron chi connectivity index (χ3n) is 2.85. The summed E-state index contributed by atoms with van der Waals surface area (Å²) in [6.07, 6.45) is 1.21. The van der Waals surface area contributed by atoms with Crippen LogP contribution in [0.3, 0.4) is 0 Å². The van der Waals surface area contributed by atoms with Gasteiger partial charge in [0, 0.05) is 33.2 Å². The number of rotatable bonds is 2. The number of ether oxygens (including phenoxy) is 2. The maximum absolute atomic E-state index is 11.3. The number of methoxy groups -OCH3 is 1. The molecule has 0 unspecified atom stereocenters. The standard InChI is InChI=1S/C10H14N2O4/c1-15-10(2-4-16-5-3-10)9-11-7(13)6-8(14)12-9/h6H,2-5H2,1H3,(H2,11,12,13,14). The Morgan fingerprint density at radius 3 is 2.81 bits per heavy atom. The molecule has 1 aliphatic heterocycles. The second-order valence-electron chi connectivity index (χ2n) is 3.76. The first kappa shape index (κ1) is 11.1.